The topological polar surface area (TPSA) is 61.4 Å². The summed E-state index contributed by atoms with van der Waals surface area (Å²) in [4.78, 5) is 24.8. The molecule has 0 aliphatic carbocycles. The number of aromatic nitrogens is 2. The van der Waals surface area contributed by atoms with E-state index >= 15 is 0 Å². The van der Waals surface area contributed by atoms with E-state index in [0.717, 1.165) is 51.4 Å². The van der Waals surface area contributed by atoms with Crippen LogP contribution in [0.2, 0.25) is 0 Å². The van der Waals surface area contributed by atoms with Gasteiger partial charge in [-0.2, -0.15) is 0 Å². The number of carbonyl (C=O) groups excluding carboxylic acids is 1. The number of amides is 1. The molecule has 3 heterocycles. The van der Waals surface area contributed by atoms with Gasteiger partial charge in [0.15, 0.2) is 0 Å². The number of anilines is 1. The quantitative estimate of drug-likeness (QED) is 0.851. The number of halogens is 1. The van der Waals surface area contributed by atoms with E-state index < -0.39 is 0 Å². The van der Waals surface area contributed by atoms with Crippen LogP contribution in [0.1, 0.15) is 12.8 Å². The maximum absolute atomic E-state index is 12.3. The second-order valence-corrected chi connectivity index (χ2v) is 5.02. The van der Waals surface area contributed by atoms with Gasteiger partial charge in [0.25, 0.3) is 0 Å². The number of rotatable bonds is 2. The van der Waals surface area contributed by atoms with Crippen LogP contribution < -0.4 is 10.2 Å². The van der Waals surface area contributed by atoms with Crippen LogP contribution in [-0.4, -0.2) is 59.5 Å². The SMILES string of the molecule is Cl.O=C(C1CCCN1)N1CCN(c2cnccn2)CC1. The van der Waals surface area contributed by atoms with Crippen LogP contribution >= 0.6 is 12.4 Å². The van der Waals surface area contributed by atoms with Gasteiger partial charge in [0.1, 0.15) is 5.82 Å². The van der Waals surface area contributed by atoms with Crippen molar-refractivity contribution in [1.82, 2.24) is 20.2 Å². The van der Waals surface area contributed by atoms with Crippen LogP contribution in [0, 0.1) is 0 Å². The summed E-state index contributed by atoms with van der Waals surface area (Å²) in [5.74, 6) is 1.16. The number of nitrogens with one attached hydrogen (secondary N) is 1. The minimum Gasteiger partial charge on any atom is -0.352 e. The molecule has 2 fully saturated rings. The Morgan fingerprint density at radius 1 is 1.25 bits per heavy atom. The molecule has 2 aliphatic heterocycles. The molecule has 0 saturated carbocycles. The van der Waals surface area contributed by atoms with Crippen molar-refractivity contribution < 1.29 is 4.79 Å². The van der Waals surface area contributed by atoms with Crippen molar-refractivity contribution in [2.45, 2.75) is 18.9 Å². The molecule has 0 spiro atoms. The van der Waals surface area contributed by atoms with Gasteiger partial charge in [-0.15, -0.1) is 12.4 Å². The minimum atomic E-state index is 0. The lowest BCUT2D eigenvalue weighted by Gasteiger charge is -2.36. The first-order valence-electron chi connectivity index (χ1n) is 6.88. The van der Waals surface area contributed by atoms with Gasteiger partial charge in [0.05, 0.1) is 12.2 Å². The van der Waals surface area contributed by atoms with Gasteiger partial charge in [-0.25, -0.2) is 4.98 Å². The lowest BCUT2D eigenvalue weighted by molar-refractivity contribution is -0.133. The summed E-state index contributed by atoms with van der Waals surface area (Å²) in [6.45, 7) is 4.17. The molecule has 0 aromatic carbocycles. The third-order valence-electron chi connectivity index (χ3n) is 3.82. The van der Waals surface area contributed by atoms with Crippen LogP contribution in [0.4, 0.5) is 5.82 Å². The van der Waals surface area contributed by atoms with Gasteiger partial charge in [-0.1, -0.05) is 0 Å². The van der Waals surface area contributed by atoms with Crippen LogP contribution in [0.5, 0.6) is 0 Å². The Labute approximate surface area is 125 Å². The van der Waals surface area contributed by atoms with Crippen LogP contribution in [-0.2, 0) is 4.79 Å². The maximum atomic E-state index is 12.3. The van der Waals surface area contributed by atoms with Gasteiger partial charge >= 0.3 is 0 Å². The van der Waals surface area contributed by atoms with E-state index in [-0.39, 0.29) is 24.4 Å². The van der Waals surface area contributed by atoms with E-state index in [2.05, 4.69) is 20.2 Å². The van der Waals surface area contributed by atoms with Gasteiger partial charge in [0.2, 0.25) is 5.91 Å². The van der Waals surface area contributed by atoms with Gasteiger partial charge in [0, 0.05) is 38.6 Å². The van der Waals surface area contributed by atoms with Crippen LogP contribution in [0.25, 0.3) is 0 Å². The van der Waals surface area contributed by atoms with Crippen LogP contribution in [0.3, 0.4) is 0 Å². The fourth-order valence-electron chi connectivity index (χ4n) is 2.73. The molecule has 0 bridgehead atoms. The molecular formula is C13H20ClN5O. The van der Waals surface area contributed by atoms with Gasteiger partial charge in [-0.05, 0) is 19.4 Å². The van der Waals surface area contributed by atoms with E-state index in [9.17, 15) is 4.79 Å². The summed E-state index contributed by atoms with van der Waals surface area (Å²) in [5, 5.41) is 3.27. The summed E-state index contributed by atoms with van der Waals surface area (Å²) in [5.41, 5.74) is 0. The summed E-state index contributed by atoms with van der Waals surface area (Å²) >= 11 is 0. The zero-order valence-corrected chi connectivity index (χ0v) is 12.2. The second-order valence-electron chi connectivity index (χ2n) is 5.02. The smallest absolute Gasteiger partial charge is 0.239 e. The van der Waals surface area contributed by atoms with Crippen molar-refractivity contribution in [2.24, 2.45) is 0 Å². The average molecular weight is 298 g/mol. The molecule has 2 aliphatic rings. The molecule has 2 saturated heterocycles. The number of hydrogen-bond donors (Lipinski definition) is 1. The summed E-state index contributed by atoms with van der Waals surface area (Å²) < 4.78 is 0. The third kappa shape index (κ3) is 3.19. The molecule has 1 aromatic heterocycles. The zero-order valence-electron chi connectivity index (χ0n) is 11.4. The van der Waals surface area contributed by atoms with Crippen LogP contribution in [0.15, 0.2) is 18.6 Å². The Morgan fingerprint density at radius 3 is 2.65 bits per heavy atom. The van der Waals surface area contributed by atoms with Gasteiger partial charge < -0.3 is 15.1 Å². The fraction of sp³-hybridized carbons (Fsp3) is 0.615. The highest BCUT2D eigenvalue weighted by Crippen LogP contribution is 2.14. The summed E-state index contributed by atoms with van der Waals surface area (Å²) in [6.07, 6.45) is 7.24. The van der Waals surface area contributed by atoms with E-state index in [1.54, 1.807) is 18.6 Å². The first-order valence-corrected chi connectivity index (χ1v) is 6.88. The highest BCUT2D eigenvalue weighted by Gasteiger charge is 2.29. The first kappa shape index (κ1) is 15.0. The van der Waals surface area contributed by atoms with Gasteiger partial charge in [-0.3, -0.25) is 9.78 Å². The summed E-state index contributed by atoms with van der Waals surface area (Å²) in [7, 11) is 0. The van der Waals surface area contributed by atoms with Crippen molar-refractivity contribution >= 4 is 24.1 Å². The molecule has 1 N–H and O–H groups in total. The Morgan fingerprint density at radius 2 is 2.05 bits per heavy atom. The highest BCUT2D eigenvalue weighted by molar-refractivity contribution is 5.85. The molecule has 6 nitrogen and oxygen atoms in total. The Kier molecular flexibility index (Phi) is 5.14. The molecular weight excluding hydrogens is 278 g/mol. The van der Waals surface area contributed by atoms with Crippen molar-refractivity contribution in [3.8, 4) is 0 Å². The molecule has 1 unspecified atom stereocenters. The average Bonchev–Trinajstić information content (AvgIpc) is 3.02. The number of nitrogens with zero attached hydrogens (tertiary/aromatic N) is 4. The highest BCUT2D eigenvalue weighted by atomic mass is 35.5. The van der Waals surface area contributed by atoms with Crippen molar-refractivity contribution in [3.63, 3.8) is 0 Å². The molecule has 1 atom stereocenters. The molecule has 1 amide bonds. The Balaban J connectivity index is 0.00000147. The van der Waals surface area contributed by atoms with E-state index in [0.29, 0.717) is 0 Å². The van der Waals surface area contributed by atoms with E-state index in [1.807, 2.05) is 4.90 Å². The lowest BCUT2D eigenvalue weighted by atomic mass is 10.2. The third-order valence-corrected chi connectivity index (χ3v) is 3.82. The number of carbonyl (C=O) groups is 1. The first-order chi connectivity index (χ1) is 9.34. The van der Waals surface area contributed by atoms with E-state index in [4.69, 9.17) is 0 Å². The normalized spacial score (nSPS) is 22.5. The van der Waals surface area contributed by atoms with Crippen molar-refractivity contribution in [3.05, 3.63) is 18.6 Å². The molecule has 1 aromatic rings. The predicted molar refractivity (Wildman–Crippen MR) is 79.1 cm³/mol. The largest absolute Gasteiger partial charge is 0.352 e. The monoisotopic (exact) mass is 297 g/mol. The lowest BCUT2D eigenvalue weighted by Crippen LogP contribution is -2.53. The predicted octanol–water partition coefficient (Wildman–Crippen LogP) is 0.299. The Hall–Kier alpha value is -1.40. The molecule has 7 heteroatoms. The van der Waals surface area contributed by atoms with Crippen molar-refractivity contribution in [2.75, 3.05) is 37.6 Å². The molecule has 20 heavy (non-hydrogen) atoms. The number of hydrogen-bond acceptors (Lipinski definition) is 5. The fourth-order valence-corrected chi connectivity index (χ4v) is 2.73. The molecule has 0 radical (unpaired) electrons. The Bertz CT molecular complexity index is 430. The zero-order chi connectivity index (χ0) is 13.1. The summed E-state index contributed by atoms with van der Waals surface area (Å²) in [6, 6.07) is 0.0445. The number of piperazine rings is 1. The standard InChI is InChI=1S/C13H19N5O.ClH/c19-13(11-2-1-3-15-11)18-8-6-17(7-9-18)12-10-14-4-5-16-12;/h4-5,10-11,15H,1-3,6-9H2;1H. The maximum Gasteiger partial charge on any atom is 0.239 e. The minimum absolute atomic E-state index is 0. The van der Waals surface area contributed by atoms with E-state index in [1.165, 1.54) is 0 Å². The molecule has 3 rings (SSSR count). The second kappa shape index (κ2) is 6.85. The van der Waals surface area contributed by atoms with Crippen molar-refractivity contribution in [1.29, 1.82) is 0 Å². The molecule has 110 valence electrons.